The van der Waals surface area contributed by atoms with Crippen molar-refractivity contribution in [3.8, 4) is 28.7 Å². The van der Waals surface area contributed by atoms with E-state index < -0.39 is 5.91 Å². The molecule has 0 atom stereocenters. The Balaban J connectivity index is 1.70. The minimum Gasteiger partial charge on any atom is -0.506 e. The van der Waals surface area contributed by atoms with Crippen molar-refractivity contribution < 1.29 is 28.8 Å². The van der Waals surface area contributed by atoms with Gasteiger partial charge >= 0.3 is 0 Å². The first kappa shape index (κ1) is 24.7. The molecule has 0 bridgehead atoms. The Kier molecular flexibility index (Phi) is 8.59. The zero-order valence-corrected chi connectivity index (χ0v) is 19.8. The molecule has 3 aromatic rings. The SMILES string of the molecule is CCOc1ccc(COc2c(OC)cc(/C=N/NC(=O)c3ccc(O)c(Cl)c3)cc2OC)cc1. The van der Waals surface area contributed by atoms with Crippen molar-refractivity contribution in [2.24, 2.45) is 5.10 Å². The Morgan fingerprint density at radius 2 is 1.71 bits per heavy atom. The van der Waals surface area contributed by atoms with Gasteiger partial charge in [0.1, 0.15) is 18.1 Å². The Morgan fingerprint density at radius 3 is 2.29 bits per heavy atom. The van der Waals surface area contributed by atoms with Gasteiger partial charge in [-0.05, 0) is 55.0 Å². The first-order chi connectivity index (χ1) is 16.4. The number of phenolic OH excluding ortho intramolecular Hbond substituents is 1. The largest absolute Gasteiger partial charge is 0.506 e. The number of rotatable bonds is 10. The summed E-state index contributed by atoms with van der Waals surface area (Å²) in [6.07, 6.45) is 1.45. The molecule has 2 N–H and O–H groups in total. The smallest absolute Gasteiger partial charge is 0.271 e. The minimum atomic E-state index is -0.479. The summed E-state index contributed by atoms with van der Waals surface area (Å²) in [6, 6.07) is 15.2. The highest BCUT2D eigenvalue weighted by Crippen LogP contribution is 2.38. The van der Waals surface area contributed by atoms with E-state index in [0.717, 1.165) is 11.3 Å². The maximum Gasteiger partial charge on any atom is 0.271 e. The third-order valence-electron chi connectivity index (χ3n) is 4.69. The Hall–Kier alpha value is -3.91. The molecule has 0 fully saturated rings. The van der Waals surface area contributed by atoms with E-state index in [1.165, 1.54) is 38.6 Å². The molecule has 9 heteroatoms. The van der Waals surface area contributed by atoms with Crippen LogP contribution in [0.5, 0.6) is 28.7 Å². The molecule has 0 unspecified atom stereocenters. The molecule has 1 amide bonds. The summed E-state index contributed by atoms with van der Waals surface area (Å²) < 4.78 is 22.4. The Labute approximate surface area is 202 Å². The summed E-state index contributed by atoms with van der Waals surface area (Å²) in [5.41, 5.74) is 4.24. The Morgan fingerprint density at radius 1 is 1.03 bits per heavy atom. The molecular weight excluding hydrogens is 460 g/mol. The predicted molar refractivity (Wildman–Crippen MR) is 130 cm³/mol. The average Bonchev–Trinajstić information content (AvgIpc) is 2.85. The average molecular weight is 485 g/mol. The number of methoxy groups -OCH3 is 2. The summed E-state index contributed by atoms with van der Waals surface area (Å²) in [5, 5.41) is 13.5. The molecule has 178 valence electrons. The van der Waals surface area contributed by atoms with E-state index >= 15 is 0 Å². The summed E-state index contributed by atoms with van der Waals surface area (Å²) in [6.45, 7) is 2.84. The molecule has 0 saturated carbocycles. The van der Waals surface area contributed by atoms with Gasteiger partial charge in [-0.1, -0.05) is 23.7 Å². The molecule has 34 heavy (non-hydrogen) atoms. The first-order valence-corrected chi connectivity index (χ1v) is 10.8. The van der Waals surface area contributed by atoms with E-state index in [1.54, 1.807) is 12.1 Å². The van der Waals surface area contributed by atoms with Gasteiger partial charge in [-0.25, -0.2) is 5.43 Å². The van der Waals surface area contributed by atoms with Crippen molar-refractivity contribution in [3.05, 3.63) is 76.3 Å². The van der Waals surface area contributed by atoms with E-state index in [2.05, 4.69) is 10.5 Å². The second-order valence-electron chi connectivity index (χ2n) is 6.99. The van der Waals surface area contributed by atoms with Crippen molar-refractivity contribution in [1.29, 1.82) is 0 Å². The van der Waals surface area contributed by atoms with Gasteiger partial charge in [0.15, 0.2) is 11.5 Å². The lowest BCUT2D eigenvalue weighted by molar-refractivity contribution is 0.0955. The van der Waals surface area contributed by atoms with Crippen molar-refractivity contribution in [3.63, 3.8) is 0 Å². The summed E-state index contributed by atoms with van der Waals surface area (Å²) in [4.78, 5) is 12.2. The van der Waals surface area contributed by atoms with Gasteiger partial charge in [-0.2, -0.15) is 5.10 Å². The van der Waals surface area contributed by atoms with Crippen molar-refractivity contribution in [1.82, 2.24) is 5.43 Å². The lowest BCUT2D eigenvalue weighted by Crippen LogP contribution is -2.17. The quantitative estimate of drug-likeness (QED) is 0.316. The molecule has 0 saturated heterocycles. The van der Waals surface area contributed by atoms with Crippen LogP contribution in [0, 0.1) is 0 Å². The normalized spacial score (nSPS) is 10.7. The van der Waals surface area contributed by atoms with Crippen LogP contribution in [-0.2, 0) is 6.61 Å². The molecule has 0 heterocycles. The number of ether oxygens (including phenoxy) is 4. The van der Waals surface area contributed by atoms with Gasteiger partial charge in [0.2, 0.25) is 5.75 Å². The number of hydrazone groups is 1. The first-order valence-electron chi connectivity index (χ1n) is 10.4. The number of phenols is 1. The maximum absolute atomic E-state index is 12.2. The minimum absolute atomic E-state index is 0.0759. The van der Waals surface area contributed by atoms with Gasteiger partial charge in [0, 0.05) is 11.1 Å². The second-order valence-corrected chi connectivity index (χ2v) is 7.39. The van der Waals surface area contributed by atoms with Crippen LogP contribution < -0.4 is 24.4 Å². The number of hydrogen-bond donors (Lipinski definition) is 2. The number of carbonyl (C=O) groups is 1. The molecule has 0 aromatic heterocycles. The summed E-state index contributed by atoms with van der Waals surface area (Å²) >= 11 is 5.84. The van der Waals surface area contributed by atoms with Crippen LogP contribution in [0.25, 0.3) is 0 Å². The predicted octanol–water partition coefficient (Wildman–Crippen LogP) is 4.80. The van der Waals surface area contributed by atoms with Gasteiger partial charge in [-0.3, -0.25) is 4.79 Å². The highest BCUT2D eigenvalue weighted by atomic mass is 35.5. The van der Waals surface area contributed by atoms with Crippen molar-refractivity contribution in [2.45, 2.75) is 13.5 Å². The van der Waals surface area contributed by atoms with Gasteiger partial charge in [-0.15, -0.1) is 0 Å². The van der Waals surface area contributed by atoms with Crippen molar-refractivity contribution >= 4 is 23.7 Å². The zero-order chi connectivity index (χ0) is 24.5. The molecule has 3 rings (SSSR count). The number of aromatic hydroxyl groups is 1. The fraction of sp³-hybridized carbons (Fsp3) is 0.200. The third kappa shape index (κ3) is 6.32. The topological polar surface area (TPSA) is 98.6 Å². The van der Waals surface area contributed by atoms with E-state index in [4.69, 9.17) is 30.5 Å². The standard InChI is InChI=1S/C25H25ClN2O6/c1-4-33-19-8-5-16(6-9-19)15-34-24-22(31-2)11-17(12-23(24)32-3)14-27-28-25(30)18-7-10-21(29)20(26)13-18/h5-14,29H,4,15H2,1-3H3,(H,28,30)/b27-14+. The number of carbonyl (C=O) groups excluding carboxylic acids is 1. The zero-order valence-electron chi connectivity index (χ0n) is 19.0. The highest BCUT2D eigenvalue weighted by molar-refractivity contribution is 6.32. The molecule has 0 aliphatic carbocycles. The summed E-state index contributed by atoms with van der Waals surface area (Å²) in [5.74, 6) is 1.55. The number of benzene rings is 3. The Bertz CT molecular complexity index is 1140. The molecule has 0 spiro atoms. The van der Waals surface area contributed by atoms with Crippen LogP contribution >= 0.6 is 11.6 Å². The molecule has 8 nitrogen and oxygen atoms in total. The number of hydrogen-bond acceptors (Lipinski definition) is 7. The lowest BCUT2D eigenvalue weighted by Gasteiger charge is -2.15. The number of amides is 1. The van der Waals surface area contributed by atoms with Gasteiger partial charge < -0.3 is 24.1 Å². The molecule has 0 aliphatic heterocycles. The van der Waals surface area contributed by atoms with E-state index in [-0.39, 0.29) is 16.3 Å². The van der Waals surface area contributed by atoms with E-state index in [0.29, 0.717) is 36.0 Å². The molecule has 0 radical (unpaired) electrons. The van der Waals surface area contributed by atoms with Crippen molar-refractivity contribution in [2.75, 3.05) is 20.8 Å². The number of halogens is 1. The van der Waals surface area contributed by atoms with Crippen LogP contribution in [0.4, 0.5) is 0 Å². The lowest BCUT2D eigenvalue weighted by atomic mass is 10.2. The highest BCUT2D eigenvalue weighted by Gasteiger charge is 2.14. The third-order valence-corrected chi connectivity index (χ3v) is 4.99. The number of nitrogens with one attached hydrogen (secondary N) is 1. The molecular formula is C25H25ClN2O6. The second kappa shape index (κ2) is 11.8. The molecule has 3 aromatic carbocycles. The fourth-order valence-corrected chi connectivity index (χ4v) is 3.18. The fourth-order valence-electron chi connectivity index (χ4n) is 3.00. The van der Waals surface area contributed by atoms with Gasteiger partial charge in [0.25, 0.3) is 5.91 Å². The van der Waals surface area contributed by atoms with E-state index in [1.807, 2.05) is 31.2 Å². The van der Waals surface area contributed by atoms with Crippen LogP contribution in [0.1, 0.15) is 28.4 Å². The maximum atomic E-state index is 12.2. The van der Waals surface area contributed by atoms with Crippen LogP contribution in [-0.4, -0.2) is 38.1 Å². The monoisotopic (exact) mass is 484 g/mol. The van der Waals surface area contributed by atoms with E-state index in [9.17, 15) is 9.90 Å². The summed E-state index contributed by atoms with van der Waals surface area (Å²) in [7, 11) is 3.05. The van der Waals surface area contributed by atoms with Crippen LogP contribution in [0.15, 0.2) is 59.7 Å². The van der Waals surface area contributed by atoms with Crippen LogP contribution in [0.3, 0.4) is 0 Å². The van der Waals surface area contributed by atoms with Gasteiger partial charge in [0.05, 0.1) is 32.1 Å². The number of nitrogens with zero attached hydrogens (tertiary/aromatic N) is 1. The molecule has 0 aliphatic rings. The van der Waals surface area contributed by atoms with Crippen LogP contribution in [0.2, 0.25) is 5.02 Å².